The minimum absolute atomic E-state index is 0.398. The fraction of sp³-hybridized carbons (Fsp3) is 0.700. The van der Waals surface area contributed by atoms with Gasteiger partial charge in [0.15, 0.2) is 0 Å². The summed E-state index contributed by atoms with van der Waals surface area (Å²) in [7, 11) is 0. The first-order valence-corrected chi connectivity index (χ1v) is 5.98. The van der Waals surface area contributed by atoms with Gasteiger partial charge >= 0.3 is 0 Å². The predicted molar refractivity (Wildman–Crippen MR) is 57.1 cm³/mol. The first kappa shape index (κ1) is 10.1. The molecule has 2 N–H and O–H groups in total. The molecule has 1 aromatic rings. The fourth-order valence-corrected chi connectivity index (χ4v) is 2.31. The van der Waals surface area contributed by atoms with Gasteiger partial charge in [0.05, 0.1) is 12.7 Å². The maximum absolute atomic E-state index is 5.82. The first-order valence-electron chi connectivity index (χ1n) is 5.10. The van der Waals surface area contributed by atoms with Crippen molar-refractivity contribution >= 4 is 11.3 Å². The molecular weight excluding hydrogens is 196 g/mol. The zero-order valence-corrected chi connectivity index (χ0v) is 9.00. The summed E-state index contributed by atoms with van der Waals surface area (Å²) in [5.41, 5.74) is 5.82. The van der Waals surface area contributed by atoms with Crippen molar-refractivity contribution in [3.05, 3.63) is 16.6 Å². The second-order valence-corrected chi connectivity index (χ2v) is 4.75. The summed E-state index contributed by atoms with van der Waals surface area (Å²) in [6.07, 6.45) is 6.63. The van der Waals surface area contributed by atoms with E-state index in [1.165, 1.54) is 0 Å². The minimum Gasteiger partial charge on any atom is -0.371 e. The van der Waals surface area contributed by atoms with Crippen LogP contribution in [-0.4, -0.2) is 17.1 Å². The van der Waals surface area contributed by atoms with Crippen molar-refractivity contribution in [2.24, 2.45) is 5.73 Å². The Morgan fingerprint density at radius 1 is 1.43 bits per heavy atom. The van der Waals surface area contributed by atoms with E-state index in [0.717, 1.165) is 30.7 Å². The molecule has 0 aromatic carbocycles. The molecule has 0 unspecified atom stereocenters. The van der Waals surface area contributed by atoms with Crippen LogP contribution in [0.3, 0.4) is 0 Å². The van der Waals surface area contributed by atoms with Crippen LogP contribution in [0, 0.1) is 0 Å². The van der Waals surface area contributed by atoms with E-state index in [-0.39, 0.29) is 0 Å². The number of aromatic nitrogens is 1. The second kappa shape index (κ2) is 4.87. The van der Waals surface area contributed by atoms with Gasteiger partial charge in [-0.15, -0.1) is 11.3 Å². The highest BCUT2D eigenvalue weighted by molar-refractivity contribution is 7.09. The van der Waals surface area contributed by atoms with Crippen molar-refractivity contribution in [3.8, 4) is 0 Å². The van der Waals surface area contributed by atoms with Crippen molar-refractivity contribution in [1.82, 2.24) is 4.98 Å². The second-order valence-electron chi connectivity index (χ2n) is 3.77. The third-order valence-electron chi connectivity index (χ3n) is 2.64. The average Bonchev–Trinajstić information content (AvgIpc) is 2.70. The van der Waals surface area contributed by atoms with Gasteiger partial charge < -0.3 is 10.5 Å². The molecule has 3 nitrogen and oxygen atoms in total. The lowest BCUT2D eigenvalue weighted by molar-refractivity contribution is 0.0137. The van der Waals surface area contributed by atoms with Crippen molar-refractivity contribution < 1.29 is 4.74 Å². The summed E-state index contributed by atoms with van der Waals surface area (Å²) in [5, 5.41) is 3.05. The molecule has 1 aromatic heterocycles. The Balaban J connectivity index is 1.71. The van der Waals surface area contributed by atoms with Crippen LogP contribution in [0.25, 0.3) is 0 Å². The van der Waals surface area contributed by atoms with E-state index in [1.54, 1.807) is 11.3 Å². The number of nitrogens with zero attached hydrogens (tertiary/aromatic N) is 1. The number of thiazole rings is 1. The SMILES string of the molecule is NC1CCC(OCc2nccs2)CC1. The molecule has 1 fully saturated rings. The van der Waals surface area contributed by atoms with Gasteiger partial charge in [0, 0.05) is 17.6 Å². The zero-order chi connectivity index (χ0) is 9.80. The van der Waals surface area contributed by atoms with Crippen LogP contribution < -0.4 is 5.73 Å². The molecule has 78 valence electrons. The Bertz CT molecular complexity index is 255. The van der Waals surface area contributed by atoms with E-state index in [9.17, 15) is 0 Å². The Morgan fingerprint density at radius 2 is 2.21 bits per heavy atom. The number of rotatable bonds is 3. The van der Waals surface area contributed by atoms with Crippen molar-refractivity contribution in [3.63, 3.8) is 0 Å². The summed E-state index contributed by atoms with van der Waals surface area (Å²) in [6, 6.07) is 0.398. The van der Waals surface area contributed by atoms with Gasteiger partial charge in [-0.2, -0.15) is 0 Å². The van der Waals surface area contributed by atoms with Crippen LogP contribution in [0.2, 0.25) is 0 Å². The molecule has 0 amide bonds. The molecule has 14 heavy (non-hydrogen) atoms. The van der Waals surface area contributed by atoms with E-state index in [1.807, 2.05) is 11.6 Å². The van der Waals surface area contributed by atoms with Gasteiger partial charge in [-0.05, 0) is 25.7 Å². The number of ether oxygens (including phenoxy) is 1. The quantitative estimate of drug-likeness (QED) is 0.832. The molecule has 0 radical (unpaired) electrons. The van der Waals surface area contributed by atoms with Crippen molar-refractivity contribution in [2.75, 3.05) is 0 Å². The summed E-state index contributed by atoms with van der Waals surface area (Å²) >= 11 is 1.65. The fourth-order valence-electron chi connectivity index (χ4n) is 1.77. The predicted octanol–water partition coefficient (Wildman–Crippen LogP) is 1.93. The molecule has 0 aliphatic heterocycles. The van der Waals surface area contributed by atoms with E-state index >= 15 is 0 Å². The summed E-state index contributed by atoms with van der Waals surface area (Å²) in [6.45, 7) is 0.664. The lowest BCUT2D eigenvalue weighted by Crippen LogP contribution is -2.30. The zero-order valence-electron chi connectivity index (χ0n) is 8.19. The van der Waals surface area contributed by atoms with Crippen molar-refractivity contribution in [2.45, 2.75) is 44.4 Å². The lowest BCUT2D eigenvalue weighted by atomic mass is 9.94. The van der Waals surface area contributed by atoms with Crippen LogP contribution in [0.4, 0.5) is 0 Å². The molecule has 1 heterocycles. The van der Waals surface area contributed by atoms with E-state index in [4.69, 9.17) is 10.5 Å². The monoisotopic (exact) mass is 212 g/mol. The van der Waals surface area contributed by atoms with Crippen LogP contribution in [-0.2, 0) is 11.3 Å². The Kier molecular flexibility index (Phi) is 3.50. The number of nitrogens with two attached hydrogens (primary N) is 1. The molecule has 4 heteroatoms. The van der Waals surface area contributed by atoms with Crippen LogP contribution in [0.5, 0.6) is 0 Å². The molecular formula is C10H16N2OS. The average molecular weight is 212 g/mol. The van der Waals surface area contributed by atoms with Gasteiger partial charge in [-0.25, -0.2) is 4.98 Å². The highest BCUT2D eigenvalue weighted by Crippen LogP contribution is 2.21. The molecule has 0 atom stereocenters. The molecule has 0 spiro atoms. The van der Waals surface area contributed by atoms with E-state index in [2.05, 4.69) is 4.98 Å². The van der Waals surface area contributed by atoms with Gasteiger partial charge in [0.2, 0.25) is 0 Å². The molecule has 1 saturated carbocycles. The molecule has 0 saturated heterocycles. The molecule has 1 aliphatic rings. The molecule has 0 bridgehead atoms. The van der Waals surface area contributed by atoms with Crippen LogP contribution in [0.1, 0.15) is 30.7 Å². The summed E-state index contributed by atoms with van der Waals surface area (Å²) in [5.74, 6) is 0. The first-order chi connectivity index (χ1) is 6.84. The van der Waals surface area contributed by atoms with Gasteiger partial charge in [-0.3, -0.25) is 0 Å². The molecule has 1 aliphatic carbocycles. The minimum atomic E-state index is 0.398. The number of hydrogen-bond acceptors (Lipinski definition) is 4. The standard InChI is InChI=1S/C10H16N2OS/c11-8-1-3-9(4-2-8)13-7-10-12-5-6-14-10/h5-6,8-9H,1-4,7,11H2. The maximum atomic E-state index is 5.82. The van der Waals surface area contributed by atoms with Gasteiger partial charge in [0.1, 0.15) is 5.01 Å². The van der Waals surface area contributed by atoms with Crippen LogP contribution >= 0.6 is 11.3 Å². The Hall–Kier alpha value is -0.450. The summed E-state index contributed by atoms with van der Waals surface area (Å²) < 4.78 is 5.77. The number of hydrogen-bond donors (Lipinski definition) is 1. The largest absolute Gasteiger partial charge is 0.371 e. The van der Waals surface area contributed by atoms with E-state index < -0.39 is 0 Å². The van der Waals surface area contributed by atoms with E-state index in [0.29, 0.717) is 18.8 Å². The lowest BCUT2D eigenvalue weighted by Gasteiger charge is -2.25. The highest BCUT2D eigenvalue weighted by Gasteiger charge is 2.18. The van der Waals surface area contributed by atoms with Crippen LogP contribution in [0.15, 0.2) is 11.6 Å². The van der Waals surface area contributed by atoms with Gasteiger partial charge in [-0.1, -0.05) is 0 Å². The van der Waals surface area contributed by atoms with Gasteiger partial charge in [0.25, 0.3) is 0 Å². The smallest absolute Gasteiger partial charge is 0.118 e. The maximum Gasteiger partial charge on any atom is 0.118 e. The summed E-state index contributed by atoms with van der Waals surface area (Å²) in [4.78, 5) is 4.18. The third kappa shape index (κ3) is 2.77. The highest BCUT2D eigenvalue weighted by atomic mass is 32.1. The third-order valence-corrected chi connectivity index (χ3v) is 3.40. The Labute approximate surface area is 88.3 Å². The molecule has 2 rings (SSSR count). The normalized spacial score (nSPS) is 27.8. The van der Waals surface area contributed by atoms with Crippen molar-refractivity contribution in [1.29, 1.82) is 0 Å². The topological polar surface area (TPSA) is 48.1 Å². The Morgan fingerprint density at radius 3 is 2.86 bits per heavy atom.